The first kappa shape index (κ1) is 21.5. The van der Waals surface area contributed by atoms with Gasteiger partial charge in [0.05, 0.1) is 10.9 Å². The molecule has 3 rings (SSSR count). The highest BCUT2D eigenvalue weighted by Crippen LogP contribution is 2.20. The summed E-state index contributed by atoms with van der Waals surface area (Å²) in [5, 5.41) is 3.05. The number of rotatable bonds is 9. The molecule has 154 valence electrons. The van der Waals surface area contributed by atoms with Crippen LogP contribution in [0.2, 0.25) is 0 Å². The zero-order chi connectivity index (χ0) is 21.4. The van der Waals surface area contributed by atoms with E-state index in [-0.39, 0.29) is 29.0 Å². The first-order valence-corrected chi connectivity index (χ1v) is 11.1. The van der Waals surface area contributed by atoms with Crippen LogP contribution in [-0.4, -0.2) is 20.9 Å². The van der Waals surface area contributed by atoms with Gasteiger partial charge in [-0.05, 0) is 35.7 Å². The fourth-order valence-corrected chi connectivity index (χ4v) is 4.13. The predicted molar refractivity (Wildman–Crippen MR) is 119 cm³/mol. The van der Waals surface area contributed by atoms with Crippen LogP contribution >= 0.6 is 0 Å². The lowest BCUT2D eigenvalue weighted by Crippen LogP contribution is -2.30. The molecule has 0 radical (unpaired) electrons. The van der Waals surface area contributed by atoms with E-state index in [0.29, 0.717) is 6.42 Å². The summed E-state index contributed by atoms with van der Waals surface area (Å²) in [5.74, 6) is -0.333. The Kier molecular flexibility index (Phi) is 7.17. The minimum absolute atomic E-state index is 0.0383. The summed E-state index contributed by atoms with van der Waals surface area (Å²) in [6, 6.07) is 25.4. The molecule has 0 spiro atoms. The first-order chi connectivity index (χ1) is 14.5. The van der Waals surface area contributed by atoms with Crippen molar-refractivity contribution in [3.05, 3.63) is 114 Å². The Labute approximate surface area is 177 Å². The lowest BCUT2D eigenvalue weighted by Gasteiger charge is -2.20. The van der Waals surface area contributed by atoms with Gasteiger partial charge in [-0.3, -0.25) is 4.79 Å². The molecule has 0 saturated carbocycles. The summed E-state index contributed by atoms with van der Waals surface area (Å²) >= 11 is 0. The van der Waals surface area contributed by atoms with E-state index in [0.717, 1.165) is 11.1 Å². The monoisotopic (exact) mass is 420 g/mol. The Bertz CT molecular complexity index is 1100. The lowest BCUT2D eigenvalue weighted by molar-refractivity contribution is 0.0936. The highest BCUT2D eigenvalue weighted by molar-refractivity contribution is 7.89. The van der Waals surface area contributed by atoms with Crippen LogP contribution in [0.15, 0.2) is 102 Å². The number of hydrogen-bond acceptors (Lipinski definition) is 3. The van der Waals surface area contributed by atoms with Crippen LogP contribution in [0.25, 0.3) is 0 Å². The smallest absolute Gasteiger partial charge is 0.251 e. The fraction of sp³-hybridized carbons (Fsp3) is 0.125. The Morgan fingerprint density at radius 2 is 1.60 bits per heavy atom. The van der Waals surface area contributed by atoms with E-state index in [1.54, 1.807) is 12.1 Å². The van der Waals surface area contributed by atoms with Crippen molar-refractivity contribution in [2.45, 2.75) is 17.4 Å². The van der Waals surface area contributed by atoms with Crippen LogP contribution < -0.4 is 10.0 Å². The van der Waals surface area contributed by atoms with Crippen LogP contribution in [0.5, 0.6) is 0 Å². The number of amides is 1. The average molecular weight is 421 g/mol. The van der Waals surface area contributed by atoms with Gasteiger partial charge < -0.3 is 5.32 Å². The molecule has 0 bridgehead atoms. The predicted octanol–water partition coefficient (Wildman–Crippen LogP) is 3.86. The van der Waals surface area contributed by atoms with E-state index in [1.807, 2.05) is 60.7 Å². The van der Waals surface area contributed by atoms with Gasteiger partial charge in [0, 0.05) is 12.1 Å². The second-order valence-electron chi connectivity index (χ2n) is 6.79. The molecule has 0 aromatic heterocycles. The topological polar surface area (TPSA) is 75.3 Å². The molecular weight excluding hydrogens is 396 g/mol. The molecule has 0 aliphatic rings. The van der Waals surface area contributed by atoms with Crippen molar-refractivity contribution >= 4 is 15.9 Å². The minimum atomic E-state index is -3.71. The van der Waals surface area contributed by atoms with Gasteiger partial charge in [-0.2, -0.15) is 0 Å². The van der Waals surface area contributed by atoms with E-state index in [1.165, 1.54) is 18.2 Å². The second-order valence-corrected chi connectivity index (χ2v) is 8.56. The molecule has 0 saturated heterocycles. The zero-order valence-electron chi connectivity index (χ0n) is 16.5. The van der Waals surface area contributed by atoms with Crippen LogP contribution in [0.4, 0.5) is 0 Å². The molecule has 6 heteroatoms. The molecule has 30 heavy (non-hydrogen) atoms. The quantitative estimate of drug-likeness (QED) is 0.516. The van der Waals surface area contributed by atoms with Crippen molar-refractivity contribution in [2.24, 2.45) is 0 Å². The molecule has 3 aromatic rings. The number of benzene rings is 3. The summed E-state index contributed by atoms with van der Waals surface area (Å²) < 4.78 is 27.1. The average Bonchev–Trinajstić information content (AvgIpc) is 2.78. The summed E-state index contributed by atoms with van der Waals surface area (Å²) in [7, 11) is -3.71. The number of sulfonamides is 1. The van der Waals surface area contributed by atoms with Crippen molar-refractivity contribution < 1.29 is 13.2 Å². The standard InChI is InChI=1S/C24H24N2O3S/c1-2-16-25-30(28,29)22-15-9-14-21(18-22)24(27)26-23(20-12-7-4-8-13-20)17-19-10-5-3-6-11-19/h2-15,18,23,25H,1,16-17H2,(H,26,27). The maximum Gasteiger partial charge on any atom is 0.251 e. The summed E-state index contributed by atoms with van der Waals surface area (Å²) in [6.07, 6.45) is 2.08. The summed E-state index contributed by atoms with van der Waals surface area (Å²) in [5.41, 5.74) is 2.35. The van der Waals surface area contributed by atoms with Gasteiger partial charge in [-0.25, -0.2) is 13.1 Å². The second kappa shape index (κ2) is 10.0. The lowest BCUT2D eigenvalue weighted by atomic mass is 9.98. The van der Waals surface area contributed by atoms with Crippen molar-refractivity contribution in [2.75, 3.05) is 6.54 Å². The molecule has 0 aliphatic carbocycles. The molecule has 2 N–H and O–H groups in total. The van der Waals surface area contributed by atoms with Crippen LogP contribution in [0.1, 0.15) is 27.5 Å². The van der Waals surface area contributed by atoms with Crippen LogP contribution in [0, 0.1) is 0 Å². The molecule has 5 nitrogen and oxygen atoms in total. The SMILES string of the molecule is C=CCNS(=O)(=O)c1cccc(C(=O)NC(Cc2ccccc2)c2ccccc2)c1. The van der Waals surface area contributed by atoms with Gasteiger partial charge in [-0.1, -0.05) is 72.8 Å². The number of carbonyl (C=O) groups excluding carboxylic acids is 1. The highest BCUT2D eigenvalue weighted by Gasteiger charge is 2.19. The van der Waals surface area contributed by atoms with Crippen molar-refractivity contribution in [1.82, 2.24) is 10.0 Å². The van der Waals surface area contributed by atoms with E-state index in [9.17, 15) is 13.2 Å². The molecule has 3 aromatic carbocycles. The van der Waals surface area contributed by atoms with Crippen molar-refractivity contribution in [3.8, 4) is 0 Å². The van der Waals surface area contributed by atoms with Crippen LogP contribution in [0.3, 0.4) is 0 Å². The summed E-state index contributed by atoms with van der Waals surface area (Å²) in [4.78, 5) is 13.0. The van der Waals surface area contributed by atoms with Gasteiger partial charge in [0.2, 0.25) is 10.0 Å². The molecule has 1 amide bonds. The van der Waals surface area contributed by atoms with E-state index in [4.69, 9.17) is 0 Å². The highest BCUT2D eigenvalue weighted by atomic mass is 32.2. The maximum atomic E-state index is 13.0. The van der Waals surface area contributed by atoms with Gasteiger partial charge in [0.25, 0.3) is 5.91 Å². The van der Waals surface area contributed by atoms with Gasteiger partial charge >= 0.3 is 0 Å². The largest absolute Gasteiger partial charge is 0.345 e. The van der Waals surface area contributed by atoms with Gasteiger partial charge in [0.15, 0.2) is 0 Å². The third-order valence-electron chi connectivity index (χ3n) is 4.61. The minimum Gasteiger partial charge on any atom is -0.345 e. The molecule has 0 heterocycles. The molecule has 1 atom stereocenters. The van der Waals surface area contributed by atoms with Crippen molar-refractivity contribution in [1.29, 1.82) is 0 Å². The van der Waals surface area contributed by atoms with Gasteiger partial charge in [0.1, 0.15) is 0 Å². The Morgan fingerprint density at radius 3 is 2.27 bits per heavy atom. The Morgan fingerprint density at radius 1 is 0.933 bits per heavy atom. The molecular formula is C24H24N2O3S. The van der Waals surface area contributed by atoms with E-state index in [2.05, 4.69) is 16.6 Å². The Balaban J connectivity index is 1.84. The van der Waals surface area contributed by atoms with E-state index < -0.39 is 10.0 Å². The third-order valence-corrected chi connectivity index (χ3v) is 6.04. The normalized spacial score (nSPS) is 12.1. The van der Waals surface area contributed by atoms with Gasteiger partial charge in [-0.15, -0.1) is 6.58 Å². The number of nitrogens with one attached hydrogen (secondary N) is 2. The third kappa shape index (κ3) is 5.65. The number of hydrogen-bond donors (Lipinski definition) is 2. The number of carbonyl (C=O) groups is 1. The van der Waals surface area contributed by atoms with Crippen LogP contribution in [-0.2, 0) is 16.4 Å². The fourth-order valence-electron chi connectivity index (χ4n) is 3.09. The maximum absolute atomic E-state index is 13.0. The Hall–Kier alpha value is -3.22. The molecule has 0 fully saturated rings. The molecule has 1 unspecified atom stereocenters. The molecule has 0 aliphatic heterocycles. The van der Waals surface area contributed by atoms with Crippen molar-refractivity contribution in [3.63, 3.8) is 0 Å². The zero-order valence-corrected chi connectivity index (χ0v) is 17.3. The first-order valence-electron chi connectivity index (χ1n) is 9.60. The summed E-state index contributed by atoms with van der Waals surface area (Å²) in [6.45, 7) is 3.62. The van der Waals surface area contributed by atoms with E-state index >= 15 is 0 Å².